The largest absolute Gasteiger partial charge is 1.00 e. The molecule has 0 heterocycles. The van der Waals surface area contributed by atoms with Gasteiger partial charge in [-0.25, -0.2) is 0 Å². The molecule has 0 aliphatic heterocycles. The number of nitrogens with zero attached hydrogens (tertiary/aromatic N) is 1. The van der Waals surface area contributed by atoms with Crippen molar-refractivity contribution in [2.45, 2.75) is 0 Å². The Morgan fingerprint density at radius 3 is 0.625 bits per heavy atom. The number of rotatable bonds is 0. The van der Waals surface area contributed by atoms with Gasteiger partial charge >= 0.3 is 118 Å². The average Bonchev–Trinajstić information content (AvgIpc) is 0.811. The predicted octanol–water partition coefficient (Wildman–Crippen LogP) is -11.8. The molecule has 0 N–H and O–H groups in total. The second-order valence-corrected chi connectivity index (χ2v) is 1.34. The molecular weight excluding hydrogens is 142 g/mol. The summed E-state index contributed by atoms with van der Waals surface area (Å²) >= 11 is 0. The van der Waals surface area contributed by atoms with Gasteiger partial charge in [-0.3, -0.25) is 0 Å². The number of hydrogen-bond acceptors (Lipinski definition) is 1. The van der Waals surface area contributed by atoms with Crippen LogP contribution in [0, 0.1) is 0 Å². The van der Waals surface area contributed by atoms with E-state index in [4.69, 9.17) is 0 Å². The molecule has 0 aromatic rings. The van der Waals surface area contributed by atoms with Crippen LogP contribution >= 0.6 is 0 Å². The summed E-state index contributed by atoms with van der Waals surface area (Å²) in [6, 6.07) is 0. The second kappa shape index (κ2) is 22.4. The third kappa shape index (κ3) is 51.0. The Bertz CT molecular complexity index is 16.0. The molecule has 1 nitrogen and oxygen atoms in total. The molecule has 26 valence electrons. The minimum atomic E-state index is 0. The van der Waals surface area contributed by atoms with Crippen LogP contribution < -0.4 is 118 Å². The van der Waals surface area contributed by atoms with Crippen molar-refractivity contribution in [3.8, 4) is 0 Å². The van der Waals surface area contributed by atoms with Crippen LogP contribution in [0.15, 0.2) is 0 Å². The molecule has 8 heavy (non-hydrogen) atoms. The Hall–Kier alpha value is 3.96. The molecule has 0 aromatic carbocycles. The van der Waals surface area contributed by atoms with Crippen molar-refractivity contribution in [2.75, 3.05) is 21.1 Å². The second-order valence-electron chi connectivity index (χ2n) is 1.34. The van der Waals surface area contributed by atoms with Crippen molar-refractivity contribution < 1.29 is 118 Å². The molecule has 0 aliphatic carbocycles. The van der Waals surface area contributed by atoms with E-state index < -0.39 is 0 Å². The van der Waals surface area contributed by atoms with E-state index in [0.29, 0.717) is 0 Å². The van der Waals surface area contributed by atoms with Crippen LogP contribution in [0.5, 0.6) is 0 Å². The summed E-state index contributed by atoms with van der Waals surface area (Å²) in [4.78, 5) is 2.00. The van der Waals surface area contributed by atoms with Crippen LogP contribution in [0.3, 0.4) is 0 Å². The molecular formula is C3H9NNa4+4. The Kier molecular flexibility index (Phi) is 83.2. The Morgan fingerprint density at radius 1 is 0.625 bits per heavy atom. The van der Waals surface area contributed by atoms with Gasteiger partial charge < -0.3 is 4.90 Å². The molecule has 0 radical (unpaired) electrons. The van der Waals surface area contributed by atoms with E-state index in [1.54, 1.807) is 0 Å². The van der Waals surface area contributed by atoms with Gasteiger partial charge in [0.05, 0.1) is 0 Å². The van der Waals surface area contributed by atoms with Crippen LogP contribution in [0.2, 0.25) is 0 Å². The summed E-state index contributed by atoms with van der Waals surface area (Å²) in [6.07, 6.45) is 0. The molecule has 0 bridgehead atoms. The van der Waals surface area contributed by atoms with Crippen LogP contribution in [-0.2, 0) is 0 Å². The van der Waals surface area contributed by atoms with Gasteiger partial charge in [0.25, 0.3) is 0 Å². The monoisotopic (exact) mass is 151 g/mol. The molecule has 0 amide bonds. The van der Waals surface area contributed by atoms with Crippen molar-refractivity contribution in [1.82, 2.24) is 4.90 Å². The molecule has 0 rings (SSSR count). The fourth-order valence-electron chi connectivity index (χ4n) is 0. The maximum atomic E-state index is 2.00. The summed E-state index contributed by atoms with van der Waals surface area (Å²) < 4.78 is 0. The number of hydrogen-bond donors (Lipinski definition) is 0. The van der Waals surface area contributed by atoms with Crippen LogP contribution in [0.25, 0.3) is 0 Å². The van der Waals surface area contributed by atoms with Gasteiger partial charge in [0.2, 0.25) is 0 Å². The van der Waals surface area contributed by atoms with E-state index in [-0.39, 0.29) is 118 Å². The molecule has 0 aromatic heterocycles. The fourth-order valence-corrected chi connectivity index (χ4v) is 0. The first-order valence-electron chi connectivity index (χ1n) is 1.34. The van der Waals surface area contributed by atoms with E-state index in [0.717, 1.165) is 0 Å². The summed E-state index contributed by atoms with van der Waals surface area (Å²) in [6.45, 7) is 0. The summed E-state index contributed by atoms with van der Waals surface area (Å²) in [5.41, 5.74) is 0. The quantitative estimate of drug-likeness (QED) is 0.311. The third-order valence-electron chi connectivity index (χ3n) is 0. The van der Waals surface area contributed by atoms with E-state index in [1.807, 2.05) is 26.0 Å². The van der Waals surface area contributed by atoms with E-state index in [9.17, 15) is 0 Å². The Balaban J connectivity index is -0.00000000750. The zero-order valence-corrected chi connectivity index (χ0v) is 15.4. The van der Waals surface area contributed by atoms with Crippen molar-refractivity contribution in [1.29, 1.82) is 0 Å². The van der Waals surface area contributed by atoms with Gasteiger partial charge in [-0.2, -0.15) is 0 Å². The standard InChI is InChI=1S/C3H9N.4Na/c1-4(2)3;;;;/h1-3H3;;;;/q;4*+1. The fraction of sp³-hybridized carbons (Fsp3) is 1.00. The van der Waals surface area contributed by atoms with Gasteiger partial charge in [-0.05, 0) is 21.1 Å². The van der Waals surface area contributed by atoms with Crippen LogP contribution in [-0.4, -0.2) is 26.0 Å². The predicted molar refractivity (Wildman–Crippen MR) is 19.6 cm³/mol. The summed E-state index contributed by atoms with van der Waals surface area (Å²) in [7, 11) is 6.00. The average molecular weight is 151 g/mol. The van der Waals surface area contributed by atoms with Crippen molar-refractivity contribution in [2.24, 2.45) is 0 Å². The van der Waals surface area contributed by atoms with Crippen LogP contribution in [0.4, 0.5) is 0 Å². The normalized spacial score (nSPS) is 4.50. The van der Waals surface area contributed by atoms with Crippen molar-refractivity contribution in [3.63, 3.8) is 0 Å². The van der Waals surface area contributed by atoms with Gasteiger partial charge in [-0.15, -0.1) is 0 Å². The molecule has 0 saturated heterocycles. The molecule has 0 atom stereocenters. The van der Waals surface area contributed by atoms with E-state index in [1.165, 1.54) is 0 Å². The van der Waals surface area contributed by atoms with E-state index >= 15 is 0 Å². The first-order chi connectivity index (χ1) is 1.73. The summed E-state index contributed by atoms with van der Waals surface area (Å²) in [5.74, 6) is 0. The minimum absolute atomic E-state index is 0. The van der Waals surface area contributed by atoms with Gasteiger partial charge in [-0.1, -0.05) is 0 Å². The topological polar surface area (TPSA) is 3.24 Å². The van der Waals surface area contributed by atoms with Crippen molar-refractivity contribution in [3.05, 3.63) is 0 Å². The maximum absolute atomic E-state index is 2.00. The zero-order chi connectivity index (χ0) is 3.58. The molecule has 0 spiro atoms. The smallest absolute Gasteiger partial charge is 0.312 e. The Labute approximate surface area is 141 Å². The van der Waals surface area contributed by atoms with Gasteiger partial charge in [0.1, 0.15) is 0 Å². The minimum Gasteiger partial charge on any atom is -0.312 e. The van der Waals surface area contributed by atoms with Gasteiger partial charge in [0.15, 0.2) is 0 Å². The van der Waals surface area contributed by atoms with Crippen LogP contribution in [0.1, 0.15) is 0 Å². The first kappa shape index (κ1) is 29.7. The zero-order valence-electron chi connectivity index (χ0n) is 7.45. The molecule has 0 saturated carbocycles. The first-order valence-corrected chi connectivity index (χ1v) is 1.34. The van der Waals surface area contributed by atoms with E-state index in [2.05, 4.69) is 0 Å². The maximum Gasteiger partial charge on any atom is 1.00 e. The van der Waals surface area contributed by atoms with Crippen molar-refractivity contribution >= 4 is 0 Å². The molecule has 5 heteroatoms. The summed E-state index contributed by atoms with van der Waals surface area (Å²) in [5, 5.41) is 0. The molecule has 0 unspecified atom stereocenters. The SMILES string of the molecule is CN(C)C.[Na+].[Na+].[Na+].[Na+]. The molecule has 0 aliphatic rings. The third-order valence-corrected chi connectivity index (χ3v) is 0. The Morgan fingerprint density at radius 2 is 0.625 bits per heavy atom. The van der Waals surface area contributed by atoms with Gasteiger partial charge in [0, 0.05) is 0 Å². The molecule has 0 fully saturated rings.